The molecule has 0 amide bonds. The van der Waals surface area contributed by atoms with Gasteiger partial charge in [-0.1, -0.05) is 54.6 Å². The van der Waals surface area contributed by atoms with Gasteiger partial charge in [0.05, 0.1) is 0 Å². The highest BCUT2D eigenvalue weighted by atomic mass is 19.1. The second kappa shape index (κ2) is 5.83. The molecule has 0 bridgehead atoms. The molecule has 0 N–H and O–H groups in total. The van der Waals surface area contributed by atoms with Gasteiger partial charge in [-0.15, -0.1) is 0 Å². The zero-order valence-corrected chi connectivity index (χ0v) is 10.8. The third kappa shape index (κ3) is 2.99. The van der Waals surface area contributed by atoms with Crippen LogP contribution in [0.15, 0.2) is 54.6 Å². The maximum atomic E-state index is 14.6. The van der Waals surface area contributed by atoms with Gasteiger partial charge in [0.25, 0.3) is 0 Å². The topological polar surface area (TPSA) is 3.24 Å². The smallest absolute Gasteiger partial charge is 0.322 e. The number of rotatable bonds is 4. The van der Waals surface area contributed by atoms with E-state index >= 15 is 0 Å². The Bertz CT molecular complexity index is 499. The summed E-state index contributed by atoms with van der Waals surface area (Å²) in [5, 5.41) is 0. The molecule has 0 atom stereocenters. The van der Waals surface area contributed by atoms with Crippen molar-refractivity contribution in [2.45, 2.75) is 6.54 Å². The summed E-state index contributed by atoms with van der Waals surface area (Å²) < 4.78 is 14.6. The van der Waals surface area contributed by atoms with Crippen molar-refractivity contribution in [2.24, 2.45) is 0 Å². The lowest BCUT2D eigenvalue weighted by Gasteiger charge is -2.15. The molecule has 2 aromatic carbocycles. The summed E-state index contributed by atoms with van der Waals surface area (Å²) in [6.45, 7) is -0.300. The van der Waals surface area contributed by atoms with Crippen LogP contribution >= 0.6 is 0 Å². The zero-order valence-electron chi connectivity index (χ0n) is 10.8. The molecule has 0 aromatic heterocycles. The number of halogens is 1. The van der Waals surface area contributed by atoms with Crippen LogP contribution in [0, 0.1) is 0 Å². The van der Waals surface area contributed by atoms with Gasteiger partial charge in [0, 0.05) is 6.54 Å². The maximum Gasteiger partial charge on any atom is 0.413 e. The summed E-state index contributed by atoms with van der Waals surface area (Å²) >= 11 is 0. The minimum atomic E-state index is -1.05. The van der Waals surface area contributed by atoms with Crippen LogP contribution in [-0.2, 0) is 6.54 Å². The second-order valence-corrected chi connectivity index (χ2v) is 4.71. The van der Waals surface area contributed by atoms with Crippen LogP contribution < -0.4 is 10.9 Å². The van der Waals surface area contributed by atoms with Crippen molar-refractivity contribution in [1.82, 2.24) is 4.90 Å². The number of hydrogen-bond acceptors (Lipinski definition) is 1. The Morgan fingerprint density at radius 1 is 0.944 bits per heavy atom. The molecule has 0 spiro atoms. The van der Waals surface area contributed by atoms with E-state index in [2.05, 4.69) is 4.90 Å². The molecular formula is C15H17BFN. The van der Waals surface area contributed by atoms with Crippen molar-refractivity contribution in [1.29, 1.82) is 0 Å². The third-order valence-corrected chi connectivity index (χ3v) is 2.91. The summed E-state index contributed by atoms with van der Waals surface area (Å²) in [5.74, 6) is 0. The number of nitrogens with zero attached hydrogens (tertiary/aromatic N) is 1. The maximum absolute atomic E-state index is 14.6. The lowest BCUT2D eigenvalue weighted by molar-refractivity contribution is 0.403. The van der Waals surface area contributed by atoms with Crippen LogP contribution in [0.1, 0.15) is 5.56 Å². The highest BCUT2D eigenvalue weighted by Gasteiger charge is 2.22. The normalized spacial score (nSPS) is 10.7. The SMILES string of the molecule is CN(C)Cc1ccccc1B(F)c1ccccc1. The first-order valence-electron chi connectivity index (χ1n) is 6.10. The molecule has 0 fully saturated rings. The van der Waals surface area contributed by atoms with Crippen LogP contribution in [0.5, 0.6) is 0 Å². The molecule has 0 heterocycles. The van der Waals surface area contributed by atoms with Gasteiger partial charge in [0.15, 0.2) is 0 Å². The molecular weight excluding hydrogens is 224 g/mol. The Balaban J connectivity index is 2.33. The van der Waals surface area contributed by atoms with Crippen molar-refractivity contribution < 1.29 is 4.32 Å². The predicted octanol–water partition coefficient (Wildman–Crippen LogP) is 1.82. The highest BCUT2D eigenvalue weighted by molar-refractivity contribution is 6.79. The summed E-state index contributed by atoms with van der Waals surface area (Å²) in [4.78, 5) is 2.05. The number of hydrogen-bond donors (Lipinski definition) is 0. The minimum Gasteiger partial charge on any atom is -0.322 e. The van der Waals surface area contributed by atoms with Crippen molar-refractivity contribution in [2.75, 3.05) is 14.1 Å². The van der Waals surface area contributed by atoms with Gasteiger partial charge in [-0.3, -0.25) is 0 Å². The average molecular weight is 241 g/mol. The average Bonchev–Trinajstić information content (AvgIpc) is 2.39. The molecule has 0 saturated heterocycles. The fourth-order valence-electron chi connectivity index (χ4n) is 2.07. The van der Waals surface area contributed by atoms with E-state index < -0.39 is 6.99 Å². The molecule has 92 valence electrons. The van der Waals surface area contributed by atoms with E-state index in [1.165, 1.54) is 0 Å². The molecule has 2 rings (SSSR count). The predicted molar refractivity (Wildman–Crippen MR) is 76.4 cm³/mol. The minimum absolute atomic E-state index is 0.712. The van der Waals surface area contributed by atoms with Crippen molar-refractivity contribution in [3.8, 4) is 0 Å². The van der Waals surface area contributed by atoms with E-state index in [-0.39, 0.29) is 0 Å². The summed E-state index contributed by atoms with van der Waals surface area (Å²) in [7, 11) is 3.99. The Morgan fingerprint density at radius 2 is 1.56 bits per heavy atom. The second-order valence-electron chi connectivity index (χ2n) is 4.71. The molecule has 2 aromatic rings. The van der Waals surface area contributed by atoms with Crippen LogP contribution in [-0.4, -0.2) is 26.0 Å². The Morgan fingerprint density at radius 3 is 2.22 bits per heavy atom. The molecule has 0 aliphatic rings. The Hall–Kier alpha value is -1.61. The van der Waals surface area contributed by atoms with Gasteiger partial charge in [-0.25, -0.2) is 0 Å². The van der Waals surface area contributed by atoms with Gasteiger partial charge in [0.1, 0.15) is 0 Å². The quantitative estimate of drug-likeness (QED) is 0.738. The monoisotopic (exact) mass is 241 g/mol. The first kappa shape index (κ1) is 12.8. The fraction of sp³-hybridized carbons (Fsp3) is 0.200. The fourth-order valence-corrected chi connectivity index (χ4v) is 2.07. The molecule has 0 aliphatic carbocycles. The van der Waals surface area contributed by atoms with E-state index in [0.717, 1.165) is 17.6 Å². The van der Waals surface area contributed by atoms with E-state index in [1.807, 2.05) is 68.7 Å². The molecule has 0 aliphatic heterocycles. The van der Waals surface area contributed by atoms with Gasteiger partial charge >= 0.3 is 6.99 Å². The molecule has 0 unspecified atom stereocenters. The van der Waals surface area contributed by atoms with Gasteiger partial charge in [0.2, 0.25) is 0 Å². The van der Waals surface area contributed by atoms with E-state index in [0.29, 0.717) is 5.46 Å². The van der Waals surface area contributed by atoms with Crippen molar-refractivity contribution in [3.05, 3.63) is 60.2 Å². The molecule has 1 nitrogen and oxygen atoms in total. The Kier molecular flexibility index (Phi) is 4.16. The van der Waals surface area contributed by atoms with E-state index in [1.54, 1.807) is 0 Å². The van der Waals surface area contributed by atoms with Crippen molar-refractivity contribution >= 4 is 17.9 Å². The molecule has 0 radical (unpaired) electrons. The first-order chi connectivity index (χ1) is 8.68. The molecule has 0 saturated carbocycles. The van der Waals surface area contributed by atoms with Gasteiger partial charge in [-0.2, -0.15) is 0 Å². The van der Waals surface area contributed by atoms with Crippen LogP contribution in [0.4, 0.5) is 4.32 Å². The molecule has 18 heavy (non-hydrogen) atoms. The van der Waals surface area contributed by atoms with Crippen molar-refractivity contribution in [3.63, 3.8) is 0 Å². The Labute approximate surface area is 108 Å². The lowest BCUT2D eigenvalue weighted by atomic mass is 9.57. The van der Waals surface area contributed by atoms with Crippen LogP contribution in [0.3, 0.4) is 0 Å². The van der Waals surface area contributed by atoms with Gasteiger partial charge < -0.3 is 9.22 Å². The highest BCUT2D eigenvalue weighted by Crippen LogP contribution is 2.03. The lowest BCUT2D eigenvalue weighted by Crippen LogP contribution is -2.40. The van der Waals surface area contributed by atoms with E-state index in [4.69, 9.17) is 0 Å². The zero-order chi connectivity index (χ0) is 13.0. The van der Waals surface area contributed by atoms with Gasteiger partial charge in [-0.05, 0) is 30.6 Å². The largest absolute Gasteiger partial charge is 0.413 e. The standard InChI is InChI=1S/C15H17BFN/c1-18(2)12-13-8-6-7-11-15(13)16(17)14-9-4-3-5-10-14/h3-11H,12H2,1-2H3. The van der Waals surface area contributed by atoms with Crippen LogP contribution in [0.2, 0.25) is 0 Å². The third-order valence-electron chi connectivity index (χ3n) is 2.91. The summed E-state index contributed by atoms with van der Waals surface area (Å²) in [6.07, 6.45) is 0. The summed E-state index contributed by atoms with van der Waals surface area (Å²) in [5.41, 5.74) is 2.51. The first-order valence-corrected chi connectivity index (χ1v) is 6.10. The van der Waals surface area contributed by atoms with E-state index in [9.17, 15) is 4.32 Å². The van der Waals surface area contributed by atoms with Crippen LogP contribution in [0.25, 0.3) is 0 Å². The molecule has 3 heteroatoms. The summed E-state index contributed by atoms with van der Waals surface area (Å²) in [6, 6.07) is 17.0. The number of benzene rings is 2.